The van der Waals surface area contributed by atoms with Crippen LogP contribution in [0.4, 0.5) is 4.39 Å². The summed E-state index contributed by atoms with van der Waals surface area (Å²) in [5.41, 5.74) is 0.626. The Bertz CT molecular complexity index is 680. The van der Waals surface area contributed by atoms with E-state index < -0.39 is 0 Å². The van der Waals surface area contributed by atoms with E-state index in [1.807, 2.05) is 26.0 Å². The van der Waals surface area contributed by atoms with Crippen molar-refractivity contribution in [1.82, 2.24) is 10.2 Å². The molecule has 6 heteroatoms. The molecule has 0 atom stereocenters. The molecule has 0 bridgehead atoms. The largest absolute Gasteiger partial charge is 0.466 e. The van der Waals surface area contributed by atoms with Crippen LogP contribution in [-0.2, 0) is 14.9 Å². The van der Waals surface area contributed by atoms with Gasteiger partial charge in [0.15, 0.2) is 5.96 Å². The zero-order valence-electron chi connectivity index (χ0n) is 16.3. The zero-order valence-corrected chi connectivity index (χ0v) is 16.3. The van der Waals surface area contributed by atoms with Gasteiger partial charge >= 0.3 is 5.97 Å². The van der Waals surface area contributed by atoms with Crippen LogP contribution < -0.4 is 5.32 Å². The number of hydrogen-bond donors (Lipinski definition) is 1. The van der Waals surface area contributed by atoms with E-state index in [1.54, 1.807) is 6.07 Å². The van der Waals surface area contributed by atoms with Gasteiger partial charge in [0.1, 0.15) is 5.82 Å². The van der Waals surface area contributed by atoms with Crippen molar-refractivity contribution in [3.63, 3.8) is 0 Å². The fourth-order valence-electron chi connectivity index (χ4n) is 3.79. The number of likely N-dealkylation sites (tertiary alicyclic amines) is 1. The lowest BCUT2D eigenvalue weighted by molar-refractivity contribution is -0.149. The summed E-state index contributed by atoms with van der Waals surface area (Å²) in [5.74, 6) is 0.626. The summed E-state index contributed by atoms with van der Waals surface area (Å²) < 4.78 is 19.4. The summed E-state index contributed by atoms with van der Waals surface area (Å²) in [6, 6.07) is 7.05. The number of carbonyl (C=O) groups is 1. The van der Waals surface area contributed by atoms with E-state index >= 15 is 0 Å². The molecule has 1 aliphatic heterocycles. The molecule has 2 fully saturated rings. The van der Waals surface area contributed by atoms with Crippen LogP contribution in [0, 0.1) is 11.7 Å². The molecule has 0 spiro atoms. The number of aliphatic imine (C=N–C) groups is 1. The van der Waals surface area contributed by atoms with Crippen molar-refractivity contribution in [3.8, 4) is 0 Å². The molecule has 5 nitrogen and oxygen atoms in total. The van der Waals surface area contributed by atoms with Crippen LogP contribution in [0.5, 0.6) is 0 Å². The highest BCUT2D eigenvalue weighted by Gasteiger charge is 2.46. The van der Waals surface area contributed by atoms with Gasteiger partial charge in [-0.1, -0.05) is 18.2 Å². The highest BCUT2D eigenvalue weighted by molar-refractivity contribution is 5.80. The number of piperidine rings is 1. The number of guanidine groups is 1. The highest BCUT2D eigenvalue weighted by Crippen LogP contribution is 2.49. The van der Waals surface area contributed by atoms with Gasteiger partial charge in [-0.3, -0.25) is 9.79 Å². The number of hydrogen-bond acceptors (Lipinski definition) is 3. The van der Waals surface area contributed by atoms with Crippen LogP contribution >= 0.6 is 0 Å². The lowest BCUT2D eigenvalue weighted by Crippen LogP contribution is -2.47. The Balaban J connectivity index is 1.64. The summed E-state index contributed by atoms with van der Waals surface area (Å²) in [5, 5.41) is 3.35. The molecule has 3 rings (SSSR count). The normalized spacial score (nSPS) is 19.7. The molecule has 0 radical (unpaired) electrons. The number of rotatable bonds is 6. The quantitative estimate of drug-likeness (QED) is 0.472. The average molecular weight is 375 g/mol. The Hall–Kier alpha value is -2.11. The Morgan fingerprint density at radius 1 is 1.30 bits per heavy atom. The summed E-state index contributed by atoms with van der Waals surface area (Å²) >= 11 is 0. The lowest BCUT2D eigenvalue weighted by Gasteiger charge is -2.33. The number of nitrogens with zero attached hydrogens (tertiary/aromatic N) is 2. The molecule has 2 aliphatic rings. The van der Waals surface area contributed by atoms with Gasteiger partial charge in [-0.25, -0.2) is 4.39 Å². The van der Waals surface area contributed by atoms with Gasteiger partial charge < -0.3 is 15.0 Å². The van der Waals surface area contributed by atoms with Crippen LogP contribution in [0.3, 0.4) is 0 Å². The number of nitrogens with one attached hydrogen (secondary N) is 1. The third-order valence-electron chi connectivity index (χ3n) is 5.58. The summed E-state index contributed by atoms with van der Waals surface area (Å²) in [6.07, 6.45) is 3.51. The number of esters is 1. The molecular weight excluding hydrogens is 345 g/mol. The fourth-order valence-corrected chi connectivity index (χ4v) is 3.79. The van der Waals surface area contributed by atoms with E-state index in [4.69, 9.17) is 9.73 Å². The Labute approximate surface area is 161 Å². The molecule has 1 heterocycles. The molecule has 0 aromatic heterocycles. The van der Waals surface area contributed by atoms with Gasteiger partial charge in [0, 0.05) is 25.0 Å². The van der Waals surface area contributed by atoms with Crippen LogP contribution in [-0.4, -0.2) is 49.6 Å². The summed E-state index contributed by atoms with van der Waals surface area (Å²) in [4.78, 5) is 19.0. The highest BCUT2D eigenvalue weighted by atomic mass is 19.1. The predicted octanol–water partition coefficient (Wildman–Crippen LogP) is 3.10. The van der Waals surface area contributed by atoms with E-state index in [1.165, 1.54) is 6.07 Å². The van der Waals surface area contributed by atoms with Crippen molar-refractivity contribution in [3.05, 3.63) is 35.6 Å². The summed E-state index contributed by atoms with van der Waals surface area (Å²) in [6.45, 7) is 7.25. The van der Waals surface area contributed by atoms with E-state index in [0.29, 0.717) is 13.2 Å². The molecule has 148 valence electrons. The molecule has 1 saturated heterocycles. The topological polar surface area (TPSA) is 53.9 Å². The minimum Gasteiger partial charge on any atom is -0.466 e. The van der Waals surface area contributed by atoms with E-state index in [9.17, 15) is 9.18 Å². The number of benzene rings is 1. The van der Waals surface area contributed by atoms with Crippen molar-refractivity contribution in [2.75, 3.05) is 32.8 Å². The molecule has 1 aromatic rings. The monoisotopic (exact) mass is 375 g/mol. The molecule has 1 aliphatic carbocycles. The van der Waals surface area contributed by atoms with Crippen LogP contribution in [0.15, 0.2) is 29.3 Å². The second kappa shape index (κ2) is 8.72. The second-order valence-electron chi connectivity index (χ2n) is 7.44. The second-order valence-corrected chi connectivity index (χ2v) is 7.44. The molecule has 1 N–H and O–H groups in total. The third kappa shape index (κ3) is 4.60. The van der Waals surface area contributed by atoms with Gasteiger partial charge in [0.05, 0.1) is 19.1 Å². The first-order valence-electron chi connectivity index (χ1n) is 10.0. The standard InChI is InChI=1S/C21H30FN3O2/c1-3-23-20(25-13-9-16(10-14-25)19(26)27-4-2)24-15-21(11-12-21)17-7-5-6-8-18(17)22/h5-8,16H,3-4,9-15H2,1-2H3,(H,23,24). The van der Waals surface area contributed by atoms with E-state index in [2.05, 4.69) is 10.2 Å². The summed E-state index contributed by atoms with van der Waals surface area (Å²) in [7, 11) is 0. The number of ether oxygens (including phenoxy) is 1. The van der Waals surface area contributed by atoms with Crippen LogP contribution in [0.1, 0.15) is 45.1 Å². The van der Waals surface area contributed by atoms with Crippen molar-refractivity contribution < 1.29 is 13.9 Å². The van der Waals surface area contributed by atoms with E-state index in [0.717, 1.165) is 56.8 Å². The van der Waals surface area contributed by atoms with Crippen molar-refractivity contribution >= 4 is 11.9 Å². The number of halogens is 1. The van der Waals surface area contributed by atoms with E-state index in [-0.39, 0.29) is 23.1 Å². The van der Waals surface area contributed by atoms with Gasteiger partial charge in [0.25, 0.3) is 0 Å². The van der Waals surface area contributed by atoms with Gasteiger partial charge in [0.2, 0.25) is 0 Å². The Kier molecular flexibility index (Phi) is 6.34. The molecule has 0 amide bonds. The first-order chi connectivity index (χ1) is 13.1. The molecule has 1 aromatic carbocycles. The van der Waals surface area contributed by atoms with Crippen LogP contribution in [0.2, 0.25) is 0 Å². The maximum atomic E-state index is 14.2. The zero-order chi connectivity index (χ0) is 19.3. The first kappa shape index (κ1) is 19.6. The molecule has 0 unspecified atom stereocenters. The van der Waals surface area contributed by atoms with Gasteiger partial charge in [-0.05, 0) is 51.2 Å². The molecular formula is C21H30FN3O2. The maximum absolute atomic E-state index is 14.2. The first-order valence-corrected chi connectivity index (χ1v) is 10.0. The minimum atomic E-state index is -0.157. The Morgan fingerprint density at radius 3 is 2.59 bits per heavy atom. The van der Waals surface area contributed by atoms with Crippen molar-refractivity contribution in [1.29, 1.82) is 0 Å². The predicted molar refractivity (Wildman–Crippen MR) is 104 cm³/mol. The SMILES string of the molecule is CCNC(=NCC1(c2ccccc2F)CC1)N1CCC(C(=O)OCC)CC1. The van der Waals surface area contributed by atoms with Crippen molar-refractivity contribution in [2.24, 2.45) is 10.9 Å². The maximum Gasteiger partial charge on any atom is 0.309 e. The smallest absolute Gasteiger partial charge is 0.309 e. The molecule has 1 saturated carbocycles. The van der Waals surface area contributed by atoms with Gasteiger partial charge in [-0.15, -0.1) is 0 Å². The molecule has 27 heavy (non-hydrogen) atoms. The third-order valence-corrected chi connectivity index (χ3v) is 5.58. The van der Waals surface area contributed by atoms with Crippen LogP contribution in [0.25, 0.3) is 0 Å². The lowest BCUT2D eigenvalue weighted by atomic mass is 9.95. The Morgan fingerprint density at radius 2 is 2.00 bits per heavy atom. The fraction of sp³-hybridized carbons (Fsp3) is 0.619. The average Bonchev–Trinajstić information content (AvgIpc) is 3.47. The number of carbonyl (C=O) groups excluding carboxylic acids is 1. The minimum absolute atomic E-state index is 0.0164. The van der Waals surface area contributed by atoms with Crippen molar-refractivity contribution in [2.45, 2.75) is 44.9 Å². The van der Waals surface area contributed by atoms with Gasteiger partial charge in [-0.2, -0.15) is 0 Å².